The van der Waals surface area contributed by atoms with E-state index >= 15 is 0 Å². The van der Waals surface area contributed by atoms with E-state index in [1.807, 2.05) is 13.0 Å². The van der Waals surface area contributed by atoms with Gasteiger partial charge in [0.25, 0.3) is 0 Å². The lowest BCUT2D eigenvalue weighted by molar-refractivity contribution is -0.128. The number of carbonyl (C=O) groups excluding carboxylic acids is 1. The van der Waals surface area contributed by atoms with Crippen molar-refractivity contribution in [3.05, 3.63) is 39.7 Å². The van der Waals surface area contributed by atoms with Gasteiger partial charge in [-0.05, 0) is 49.2 Å². The van der Waals surface area contributed by atoms with Crippen LogP contribution in [0.5, 0.6) is 0 Å². The number of rotatable bonds is 3. The number of nitrogens with one attached hydrogen (secondary N) is 1. The molecule has 5 atom stereocenters. The van der Waals surface area contributed by atoms with Gasteiger partial charge in [-0.15, -0.1) is 11.8 Å². The predicted molar refractivity (Wildman–Crippen MR) is 130 cm³/mol. The van der Waals surface area contributed by atoms with Crippen molar-refractivity contribution in [2.75, 3.05) is 13.1 Å². The van der Waals surface area contributed by atoms with E-state index in [9.17, 15) is 10.1 Å². The van der Waals surface area contributed by atoms with Gasteiger partial charge in [0.15, 0.2) is 0 Å². The Morgan fingerprint density at radius 3 is 3.12 bits per heavy atom. The molecule has 0 aromatic carbocycles. The Kier molecular flexibility index (Phi) is 5.90. The highest BCUT2D eigenvalue weighted by molar-refractivity contribution is 8.03. The zero-order chi connectivity index (χ0) is 23.0. The molecule has 0 radical (unpaired) electrons. The second-order valence-electron chi connectivity index (χ2n) is 9.69. The molecule has 1 N–H and O–H groups in total. The Bertz CT molecular complexity index is 1220. The predicted octanol–water partition coefficient (Wildman–Crippen LogP) is 4.20. The first kappa shape index (κ1) is 22.0. The monoisotopic (exact) mass is 454 g/mol. The molecule has 0 bridgehead atoms. The van der Waals surface area contributed by atoms with Crippen molar-refractivity contribution in [1.82, 2.24) is 4.90 Å². The van der Waals surface area contributed by atoms with Gasteiger partial charge in [0, 0.05) is 47.2 Å². The lowest BCUT2D eigenvalue weighted by Gasteiger charge is -2.38. The first-order valence-corrected chi connectivity index (χ1v) is 12.5. The molecule has 3 heterocycles. The molecule has 5 aliphatic rings. The van der Waals surface area contributed by atoms with Crippen molar-refractivity contribution in [1.29, 1.82) is 10.7 Å². The van der Waals surface area contributed by atoms with Crippen LogP contribution in [0.2, 0.25) is 0 Å². The molecule has 5 nitrogen and oxygen atoms in total. The fourth-order valence-electron chi connectivity index (χ4n) is 5.90. The van der Waals surface area contributed by atoms with Crippen LogP contribution < -0.4 is 0 Å². The largest absolute Gasteiger partial charge is 0.310 e. The minimum atomic E-state index is -0.300. The number of hydrogen-bond acceptors (Lipinski definition) is 6. The fourth-order valence-corrected chi connectivity index (χ4v) is 7.31. The number of carbonyl (C=O) groups is 1. The third kappa shape index (κ3) is 4.03. The molecule has 0 spiro atoms. The summed E-state index contributed by atoms with van der Waals surface area (Å²) in [6, 6.07) is 2.18. The van der Waals surface area contributed by atoms with Crippen LogP contribution in [0.1, 0.15) is 45.4 Å². The average Bonchev–Trinajstić information content (AvgIpc) is 3.34. The number of likely N-dealkylation sites (tertiary alicyclic amines) is 1. The molecule has 2 fully saturated rings. The Morgan fingerprint density at radius 1 is 1.39 bits per heavy atom. The molecule has 6 heteroatoms. The molecule has 1 saturated carbocycles. The van der Waals surface area contributed by atoms with Crippen molar-refractivity contribution < 1.29 is 4.79 Å². The van der Waals surface area contributed by atoms with Crippen molar-refractivity contribution in [3.63, 3.8) is 0 Å². The molecule has 166 valence electrons. The Balaban J connectivity index is 1.48. The van der Waals surface area contributed by atoms with Crippen LogP contribution in [0.3, 0.4) is 0 Å². The van der Waals surface area contributed by atoms with Gasteiger partial charge in [0.1, 0.15) is 18.0 Å². The van der Waals surface area contributed by atoms with Gasteiger partial charge < -0.3 is 5.41 Å². The van der Waals surface area contributed by atoms with Crippen LogP contribution in [0.15, 0.2) is 44.7 Å². The summed E-state index contributed by atoms with van der Waals surface area (Å²) >= 11 is 1.77. The van der Waals surface area contributed by atoms with Gasteiger partial charge >= 0.3 is 0 Å². The van der Waals surface area contributed by atoms with E-state index in [0.29, 0.717) is 42.9 Å². The maximum atomic E-state index is 13.6. The van der Waals surface area contributed by atoms with Gasteiger partial charge in [0.2, 0.25) is 0 Å². The number of ketones is 1. The van der Waals surface area contributed by atoms with Crippen LogP contribution in [-0.4, -0.2) is 46.8 Å². The van der Waals surface area contributed by atoms with Crippen molar-refractivity contribution in [2.45, 2.75) is 56.9 Å². The van der Waals surface area contributed by atoms with E-state index in [-0.39, 0.29) is 28.7 Å². The number of nitrogens with zero attached hydrogens (tertiary/aromatic N) is 3. The summed E-state index contributed by atoms with van der Waals surface area (Å²) in [6.07, 6.45) is 6.24. The summed E-state index contributed by atoms with van der Waals surface area (Å²) in [5.41, 5.74) is 9.05. The third-order valence-electron chi connectivity index (χ3n) is 7.54. The molecule has 5 rings (SSSR count). The molecule has 2 aliphatic carbocycles. The standard InChI is InChI=1S/C27H26N4OS/c1-18-10-22(29)13-27(24-12-21(16-33-24)20-7-5-6-19(11-20)14-28)17-31(15-23(27)26(18)32)25-8-3-2-4-9-30-25/h2,16,18,23-25,29H,3,6,8,10,12-13,15,17H2,1H3. The summed E-state index contributed by atoms with van der Waals surface area (Å²) in [7, 11) is 0. The average molecular weight is 455 g/mol. The number of allylic oxidation sites excluding steroid dienone is 3. The van der Waals surface area contributed by atoms with Gasteiger partial charge in [-0.3, -0.25) is 9.69 Å². The first-order chi connectivity index (χ1) is 16.0. The summed E-state index contributed by atoms with van der Waals surface area (Å²) in [4.78, 5) is 20.6. The zero-order valence-corrected chi connectivity index (χ0v) is 19.6. The van der Waals surface area contributed by atoms with Gasteiger partial charge in [-0.1, -0.05) is 30.2 Å². The number of nitriles is 1. The number of aliphatic imine (C=N–C) groups is 1. The van der Waals surface area contributed by atoms with Crippen LogP contribution in [0.4, 0.5) is 0 Å². The number of thioether (sulfide) groups is 1. The first-order valence-electron chi connectivity index (χ1n) is 11.6. The Labute approximate surface area is 199 Å². The summed E-state index contributed by atoms with van der Waals surface area (Å²) in [6.45, 7) is 3.44. The zero-order valence-electron chi connectivity index (χ0n) is 18.8. The minimum Gasteiger partial charge on any atom is -0.310 e. The number of fused-ring (bicyclic) bond motifs is 1. The molecule has 0 aromatic rings. The van der Waals surface area contributed by atoms with Crippen molar-refractivity contribution in [2.24, 2.45) is 22.2 Å². The van der Waals surface area contributed by atoms with E-state index in [0.717, 1.165) is 37.0 Å². The van der Waals surface area contributed by atoms with Crippen LogP contribution in [0, 0.1) is 45.8 Å². The van der Waals surface area contributed by atoms with Crippen molar-refractivity contribution in [3.8, 4) is 17.9 Å². The molecule has 33 heavy (non-hydrogen) atoms. The number of Topliss-reactive ketones (excluding diaryl/α,β-unsaturated/α-hetero) is 1. The third-order valence-corrected chi connectivity index (χ3v) is 8.92. The fraction of sp³-hybridized carbons (Fsp3) is 0.519. The quantitative estimate of drug-likeness (QED) is 0.512. The maximum absolute atomic E-state index is 13.6. The lowest BCUT2D eigenvalue weighted by atomic mass is 9.69. The molecule has 0 aromatic heterocycles. The van der Waals surface area contributed by atoms with Crippen LogP contribution in [-0.2, 0) is 4.79 Å². The topological polar surface area (TPSA) is 80.3 Å². The van der Waals surface area contributed by atoms with E-state index < -0.39 is 0 Å². The highest BCUT2D eigenvalue weighted by Crippen LogP contribution is 2.55. The normalized spacial score (nSPS) is 35.6. The summed E-state index contributed by atoms with van der Waals surface area (Å²) < 4.78 is 0. The maximum Gasteiger partial charge on any atom is 0.141 e. The van der Waals surface area contributed by atoms with E-state index in [1.165, 1.54) is 0 Å². The summed E-state index contributed by atoms with van der Waals surface area (Å²) in [5.74, 6) is 9.21. The Hall–Kier alpha value is -2.81. The van der Waals surface area contributed by atoms with Crippen LogP contribution >= 0.6 is 11.8 Å². The second-order valence-corrected chi connectivity index (χ2v) is 10.8. The Morgan fingerprint density at radius 2 is 2.27 bits per heavy atom. The minimum absolute atomic E-state index is 0.00390. The molecular weight excluding hydrogens is 428 g/mol. The van der Waals surface area contributed by atoms with E-state index in [1.54, 1.807) is 11.8 Å². The molecule has 1 saturated heterocycles. The molecule has 5 unspecified atom stereocenters. The highest BCUT2D eigenvalue weighted by Gasteiger charge is 2.58. The summed E-state index contributed by atoms with van der Waals surface area (Å²) in [5, 5.41) is 20.3. The van der Waals surface area contributed by atoms with Gasteiger partial charge in [0.05, 0.1) is 17.6 Å². The molecule has 0 amide bonds. The smallest absolute Gasteiger partial charge is 0.141 e. The van der Waals surface area contributed by atoms with Crippen LogP contribution in [0.25, 0.3) is 0 Å². The van der Waals surface area contributed by atoms with Gasteiger partial charge in [-0.25, -0.2) is 4.99 Å². The second kappa shape index (κ2) is 8.85. The van der Waals surface area contributed by atoms with E-state index in [4.69, 9.17) is 5.41 Å². The van der Waals surface area contributed by atoms with E-state index in [2.05, 4.69) is 50.5 Å². The lowest BCUT2D eigenvalue weighted by Crippen LogP contribution is -2.44. The number of hydrogen-bond donors (Lipinski definition) is 1. The highest BCUT2D eigenvalue weighted by atomic mass is 32.2. The molecule has 3 aliphatic heterocycles. The SMILES string of the molecule is CC1CC(=N)CC2(C3CC(C4=C=C(C#N)CC#C4)=CS3)CN(C3CCC=C=C=N3)CC2C1=O. The van der Waals surface area contributed by atoms with Crippen molar-refractivity contribution >= 4 is 29.1 Å². The molecular formula is C27H26N4OS. The van der Waals surface area contributed by atoms with Gasteiger partial charge in [-0.2, -0.15) is 5.26 Å².